The zero-order valence-electron chi connectivity index (χ0n) is 11.0. The van der Waals surface area contributed by atoms with Crippen LogP contribution in [0.15, 0.2) is 23.0 Å². The van der Waals surface area contributed by atoms with Gasteiger partial charge < -0.3 is 5.32 Å². The van der Waals surface area contributed by atoms with Gasteiger partial charge in [0.1, 0.15) is 11.5 Å². The summed E-state index contributed by atoms with van der Waals surface area (Å²) in [6.45, 7) is 1.89. The molecule has 0 spiro atoms. The van der Waals surface area contributed by atoms with Crippen LogP contribution in [-0.2, 0) is 4.79 Å². The van der Waals surface area contributed by atoms with Crippen LogP contribution in [0.1, 0.15) is 19.8 Å². The van der Waals surface area contributed by atoms with E-state index in [1.165, 1.54) is 18.2 Å². The number of anilines is 1. The number of nitrogens with zero attached hydrogens (tertiary/aromatic N) is 1. The Balaban J connectivity index is 2.40. The van der Waals surface area contributed by atoms with E-state index < -0.39 is 5.56 Å². The molecule has 1 heterocycles. The zero-order valence-corrected chi connectivity index (χ0v) is 13.3. The summed E-state index contributed by atoms with van der Waals surface area (Å²) in [5.74, 6) is 0.0970. The fourth-order valence-corrected chi connectivity index (χ4v) is 2.80. The molecule has 2 aromatic rings. The standard InChI is InChI=1S/C13H12Cl3N3O2/c1-2-3-11(20)17-10-6-12(21)19(18-10)13-8(15)4-7(14)5-9(13)16/h4-6,18H,2-3H2,1H3,(H,17,20). The molecule has 1 amide bonds. The fourth-order valence-electron chi connectivity index (χ4n) is 1.81. The molecule has 1 aromatic carbocycles. The molecule has 0 aliphatic rings. The Morgan fingerprint density at radius 2 is 1.86 bits per heavy atom. The van der Waals surface area contributed by atoms with E-state index >= 15 is 0 Å². The number of halogens is 3. The number of H-pyrrole nitrogens is 1. The highest BCUT2D eigenvalue weighted by Crippen LogP contribution is 2.31. The van der Waals surface area contributed by atoms with E-state index in [2.05, 4.69) is 10.4 Å². The van der Waals surface area contributed by atoms with E-state index in [-0.39, 0.29) is 27.5 Å². The predicted octanol–water partition coefficient (Wildman–Crippen LogP) is 3.86. The van der Waals surface area contributed by atoms with Crippen molar-refractivity contribution in [2.45, 2.75) is 19.8 Å². The van der Waals surface area contributed by atoms with Crippen molar-refractivity contribution in [1.82, 2.24) is 9.78 Å². The van der Waals surface area contributed by atoms with Gasteiger partial charge in [-0.15, -0.1) is 0 Å². The first-order chi connectivity index (χ1) is 9.92. The van der Waals surface area contributed by atoms with E-state index in [0.717, 1.165) is 4.68 Å². The average Bonchev–Trinajstić information content (AvgIpc) is 2.69. The minimum absolute atomic E-state index is 0.181. The Kier molecular flexibility index (Phi) is 4.98. The lowest BCUT2D eigenvalue weighted by molar-refractivity contribution is -0.116. The maximum absolute atomic E-state index is 12.0. The summed E-state index contributed by atoms with van der Waals surface area (Å²) in [6.07, 6.45) is 1.08. The molecule has 5 nitrogen and oxygen atoms in total. The van der Waals surface area contributed by atoms with Crippen molar-refractivity contribution in [2.24, 2.45) is 0 Å². The Labute approximate surface area is 135 Å². The molecule has 0 aliphatic heterocycles. The summed E-state index contributed by atoms with van der Waals surface area (Å²) in [7, 11) is 0. The lowest BCUT2D eigenvalue weighted by Crippen LogP contribution is -2.14. The lowest BCUT2D eigenvalue weighted by atomic mass is 10.3. The molecule has 0 saturated heterocycles. The number of amides is 1. The fraction of sp³-hybridized carbons (Fsp3) is 0.231. The molecule has 0 bridgehead atoms. The van der Waals surface area contributed by atoms with Gasteiger partial charge in [-0.2, -0.15) is 0 Å². The second kappa shape index (κ2) is 6.56. The van der Waals surface area contributed by atoms with Gasteiger partial charge in [-0.25, -0.2) is 4.68 Å². The number of carbonyl (C=O) groups excluding carboxylic acids is 1. The SMILES string of the molecule is CCCC(=O)Nc1cc(=O)n(-c2c(Cl)cc(Cl)cc2Cl)[nH]1. The molecule has 21 heavy (non-hydrogen) atoms. The van der Waals surface area contributed by atoms with Gasteiger partial charge in [-0.05, 0) is 18.6 Å². The van der Waals surface area contributed by atoms with Crippen molar-refractivity contribution in [3.05, 3.63) is 43.6 Å². The van der Waals surface area contributed by atoms with E-state index in [1.807, 2.05) is 6.92 Å². The number of aromatic nitrogens is 2. The Morgan fingerprint density at radius 3 is 2.43 bits per heavy atom. The van der Waals surface area contributed by atoms with Crippen LogP contribution in [0.25, 0.3) is 5.69 Å². The molecule has 2 N–H and O–H groups in total. The van der Waals surface area contributed by atoms with Gasteiger partial charge in [0.25, 0.3) is 5.56 Å². The topological polar surface area (TPSA) is 66.9 Å². The maximum Gasteiger partial charge on any atom is 0.273 e. The zero-order chi connectivity index (χ0) is 15.6. The Morgan fingerprint density at radius 1 is 1.24 bits per heavy atom. The molecule has 0 unspecified atom stereocenters. The van der Waals surface area contributed by atoms with Crippen LogP contribution in [0.2, 0.25) is 15.1 Å². The summed E-state index contributed by atoms with van der Waals surface area (Å²) in [5.41, 5.74) is -0.114. The molecular formula is C13H12Cl3N3O2. The third-order valence-electron chi connectivity index (χ3n) is 2.68. The van der Waals surface area contributed by atoms with Crippen molar-refractivity contribution in [2.75, 3.05) is 5.32 Å². The van der Waals surface area contributed by atoms with Crippen LogP contribution in [0.3, 0.4) is 0 Å². The van der Waals surface area contributed by atoms with Crippen molar-refractivity contribution in [1.29, 1.82) is 0 Å². The van der Waals surface area contributed by atoms with Crippen LogP contribution >= 0.6 is 34.8 Å². The summed E-state index contributed by atoms with van der Waals surface area (Å²) < 4.78 is 1.16. The predicted molar refractivity (Wildman–Crippen MR) is 85.0 cm³/mol. The minimum Gasteiger partial charge on any atom is -0.311 e. The second-order valence-corrected chi connectivity index (χ2v) is 5.61. The van der Waals surface area contributed by atoms with E-state index in [1.54, 1.807) is 0 Å². The van der Waals surface area contributed by atoms with Gasteiger partial charge in [0.2, 0.25) is 5.91 Å². The van der Waals surface area contributed by atoms with Crippen LogP contribution in [-0.4, -0.2) is 15.7 Å². The second-order valence-electron chi connectivity index (χ2n) is 4.36. The minimum atomic E-state index is -0.395. The maximum atomic E-state index is 12.0. The van der Waals surface area contributed by atoms with Gasteiger partial charge >= 0.3 is 0 Å². The van der Waals surface area contributed by atoms with Crippen LogP contribution in [0, 0.1) is 0 Å². The number of nitrogens with one attached hydrogen (secondary N) is 2. The van der Waals surface area contributed by atoms with Crippen LogP contribution < -0.4 is 10.9 Å². The summed E-state index contributed by atoms with van der Waals surface area (Å²) in [5, 5.41) is 6.16. The molecule has 0 radical (unpaired) electrons. The highest BCUT2D eigenvalue weighted by atomic mass is 35.5. The van der Waals surface area contributed by atoms with Crippen molar-refractivity contribution in [3.8, 4) is 5.69 Å². The lowest BCUT2D eigenvalue weighted by Gasteiger charge is -2.08. The number of benzene rings is 1. The molecule has 8 heteroatoms. The van der Waals surface area contributed by atoms with Gasteiger partial charge in [0.15, 0.2) is 0 Å². The first kappa shape index (κ1) is 15.9. The highest BCUT2D eigenvalue weighted by Gasteiger charge is 2.14. The largest absolute Gasteiger partial charge is 0.311 e. The molecule has 0 atom stereocenters. The number of aromatic amines is 1. The van der Waals surface area contributed by atoms with Crippen molar-refractivity contribution in [3.63, 3.8) is 0 Å². The first-order valence-electron chi connectivity index (χ1n) is 6.19. The molecule has 0 aliphatic carbocycles. The summed E-state index contributed by atoms with van der Waals surface area (Å²) in [4.78, 5) is 23.5. The average molecular weight is 349 g/mol. The Bertz CT molecular complexity index is 713. The van der Waals surface area contributed by atoms with Crippen LogP contribution in [0.4, 0.5) is 5.82 Å². The number of carbonyl (C=O) groups is 1. The summed E-state index contributed by atoms with van der Waals surface area (Å²) in [6, 6.07) is 4.22. The third-order valence-corrected chi connectivity index (χ3v) is 3.47. The molecule has 112 valence electrons. The van der Waals surface area contributed by atoms with Gasteiger partial charge in [-0.3, -0.25) is 14.7 Å². The Hall–Kier alpha value is -1.43. The van der Waals surface area contributed by atoms with Gasteiger partial charge in [0, 0.05) is 17.5 Å². The molecule has 0 saturated carbocycles. The highest BCUT2D eigenvalue weighted by molar-refractivity contribution is 6.40. The van der Waals surface area contributed by atoms with Gasteiger partial charge in [0.05, 0.1) is 10.0 Å². The molecular weight excluding hydrogens is 337 g/mol. The normalized spacial score (nSPS) is 10.7. The number of rotatable bonds is 4. The molecule has 2 rings (SSSR count). The van der Waals surface area contributed by atoms with Crippen molar-refractivity contribution >= 4 is 46.5 Å². The quantitative estimate of drug-likeness (QED) is 0.881. The van der Waals surface area contributed by atoms with Crippen molar-refractivity contribution < 1.29 is 4.79 Å². The number of hydrogen-bond donors (Lipinski definition) is 2. The van der Waals surface area contributed by atoms with E-state index in [9.17, 15) is 9.59 Å². The third kappa shape index (κ3) is 3.61. The van der Waals surface area contributed by atoms with Crippen LogP contribution in [0.5, 0.6) is 0 Å². The molecule has 1 aromatic heterocycles. The summed E-state index contributed by atoms with van der Waals surface area (Å²) >= 11 is 18.0. The van der Waals surface area contributed by atoms with E-state index in [0.29, 0.717) is 17.9 Å². The number of hydrogen-bond acceptors (Lipinski definition) is 2. The monoisotopic (exact) mass is 347 g/mol. The van der Waals surface area contributed by atoms with E-state index in [4.69, 9.17) is 34.8 Å². The van der Waals surface area contributed by atoms with Gasteiger partial charge in [-0.1, -0.05) is 41.7 Å². The smallest absolute Gasteiger partial charge is 0.273 e. The molecule has 0 fully saturated rings. The first-order valence-corrected chi connectivity index (χ1v) is 7.32.